The number of aromatic nitrogens is 1. The number of rotatable bonds is 9. The van der Waals surface area contributed by atoms with Crippen molar-refractivity contribution in [3.05, 3.63) is 53.6 Å². The third kappa shape index (κ3) is 6.30. The zero-order chi connectivity index (χ0) is 23.3. The molecule has 0 saturated carbocycles. The van der Waals surface area contributed by atoms with Gasteiger partial charge in [0, 0.05) is 37.6 Å². The number of amides is 1. The van der Waals surface area contributed by atoms with E-state index < -0.39 is 9.84 Å². The zero-order valence-electron chi connectivity index (χ0n) is 18.2. The molecular weight excluding hydrogens is 482 g/mol. The number of halogens is 1. The Morgan fingerprint density at radius 3 is 2.67 bits per heavy atom. The molecule has 2 aromatic carbocycles. The Bertz CT molecular complexity index is 1190. The molecule has 0 radical (unpaired) electrons. The number of carbonyl (C=O) groups is 1. The summed E-state index contributed by atoms with van der Waals surface area (Å²) in [6.07, 6.45) is 0.652. The normalized spacial score (nSPS) is 15.1. The van der Waals surface area contributed by atoms with E-state index in [2.05, 4.69) is 9.88 Å². The summed E-state index contributed by atoms with van der Waals surface area (Å²) in [6, 6.07) is 13.7. The summed E-state index contributed by atoms with van der Waals surface area (Å²) in [4.78, 5) is 22.0. The number of sulfone groups is 1. The summed E-state index contributed by atoms with van der Waals surface area (Å²) in [5, 5.41) is 1.17. The number of carbonyl (C=O) groups excluding carboxylic acids is 1. The first-order chi connectivity index (χ1) is 15.9. The fourth-order valence-corrected chi connectivity index (χ4v) is 6.24. The van der Waals surface area contributed by atoms with Crippen molar-refractivity contribution in [2.45, 2.75) is 17.7 Å². The van der Waals surface area contributed by atoms with Crippen LogP contribution in [0.5, 0.6) is 0 Å². The number of thiazole rings is 1. The van der Waals surface area contributed by atoms with E-state index in [0.29, 0.717) is 16.7 Å². The van der Waals surface area contributed by atoms with E-state index in [1.54, 1.807) is 41.3 Å². The number of anilines is 1. The Morgan fingerprint density at radius 2 is 1.91 bits per heavy atom. The second-order valence-electron chi connectivity index (χ2n) is 7.84. The second kappa shape index (κ2) is 10.9. The molecule has 1 amide bonds. The highest BCUT2D eigenvalue weighted by atomic mass is 35.5. The molecule has 3 aromatic rings. The summed E-state index contributed by atoms with van der Waals surface area (Å²) >= 11 is 7.50. The molecule has 0 N–H and O–H groups in total. The van der Waals surface area contributed by atoms with Gasteiger partial charge in [-0.15, -0.1) is 0 Å². The third-order valence-electron chi connectivity index (χ3n) is 5.52. The molecule has 0 bridgehead atoms. The second-order valence-corrected chi connectivity index (χ2v) is 11.4. The predicted molar refractivity (Wildman–Crippen MR) is 132 cm³/mol. The average molecular weight is 508 g/mol. The van der Waals surface area contributed by atoms with Crippen LogP contribution >= 0.6 is 22.9 Å². The van der Waals surface area contributed by atoms with E-state index in [0.717, 1.165) is 49.5 Å². The van der Waals surface area contributed by atoms with Crippen LogP contribution in [0.4, 0.5) is 5.13 Å². The van der Waals surface area contributed by atoms with Crippen molar-refractivity contribution in [1.82, 2.24) is 9.88 Å². The maximum Gasteiger partial charge on any atom is 0.229 e. The summed E-state index contributed by atoms with van der Waals surface area (Å²) < 4.78 is 31.6. The van der Waals surface area contributed by atoms with Crippen LogP contribution in [0.2, 0.25) is 5.02 Å². The van der Waals surface area contributed by atoms with Gasteiger partial charge in [-0.2, -0.15) is 0 Å². The van der Waals surface area contributed by atoms with Crippen LogP contribution in [0.25, 0.3) is 10.2 Å². The smallest absolute Gasteiger partial charge is 0.229 e. The summed E-state index contributed by atoms with van der Waals surface area (Å²) in [7, 11) is -3.54. The fraction of sp³-hybridized carbons (Fsp3) is 0.391. The molecule has 1 saturated heterocycles. The Morgan fingerprint density at radius 1 is 1.15 bits per heavy atom. The molecule has 1 fully saturated rings. The van der Waals surface area contributed by atoms with E-state index in [1.807, 2.05) is 12.1 Å². The Labute approximate surface area is 202 Å². The van der Waals surface area contributed by atoms with Crippen LogP contribution in [0, 0.1) is 0 Å². The van der Waals surface area contributed by atoms with Crippen molar-refractivity contribution in [3.8, 4) is 0 Å². The minimum Gasteiger partial charge on any atom is -0.379 e. The first kappa shape index (κ1) is 24.1. The standard InChI is InChI=1S/C23H26ClN3O4S2/c24-18-7-8-20-21(17-18)32-23(25-20)27(11-4-10-26-12-14-31-15-13-26)22(28)9-16-33(29,30)19-5-2-1-3-6-19/h1-3,5-8,17H,4,9-16H2. The maximum absolute atomic E-state index is 13.2. The van der Waals surface area contributed by atoms with Crippen molar-refractivity contribution < 1.29 is 17.9 Å². The van der Waals surface area contributed by atoms with Crippen molar-refractivity contribution in [2.75, 3.05) is 50.0 Å². The van der Waals surface area contributed by atoms with Crippen molar-refractivity contribution in [2.24, 2.45) is 0 Å². The van der Waals surface area contributed by atoms with Gasteiger partial charge >= 0.3 is 0 Å². The largest absolute Gasteiger partial charge is 0.379 e. The maximum atomic E-state index is 13.2. The van der Waals surface area contributed by atoms with Crippen LogP contribution in [-0.4, -0.2) is 69.4 Å². The lowest BCUT2D eigenvalue weighted by molar-refractivity contribution is -0.118. The van der Waals surface area contributed by atoms with Gasteiger partial charge in [-0.05, 0) is 36.8 Å². The summed E-state index contributed by atoms with van der Waals surface area (Å²) in [5.41, 5.74) is 0.766. The van der Waals surface area contributed by atoms with Gasteiger partial charge in [0.15, 0.2) is 15.0 Å². The highest BCUT2D eigenvalue weighted by Crippen LogP contribution is 2.31. The molecule has 1 aliphatic heterocycles. The van der Waals surface area contributed by atoms with Gasteiger partial charge in [-0.3, -0.25) is 14.6 Å². The lowest BCUT2D eigenvalue weighted by Gasteiger charge is -2.27. The van der Waals surface area contributed by atoms with Crippen molar-refractivity contribution >= 4 is 54.0 Å². The molecule has 1 aromatic heterocycles. The van der Waals surface area contributed by atoms with E-state index in [1.165, 1.54) is 11.3 Å². The number of ether oxygens (including phenoxy) is 1. The van der Waals surface area contributed by atoms with Crippen LogP contribution in [0.1, 0.15) is 12.8 Å². The lowest BCUT2D eigenvalue weighted by atomic mass is 10.3. The Kier molecular flexibility index (Phi) is 7.98. The average Bonchev–Trinajstić information content (AvgIpc) is 3.24. The fourth-order valence-electron chi connectivity index (χ4n) is 3.71. The zero-order valence-corrected chi connectivity index (χ0v) is 20.5. The molecule has 7 nitrogen and oxygen atoms in total. The first-order valence-electron chi connectivity index (χ1n) is 10.9. The summed E-state index contributed by atoms with van der Waals surface area (Å²) in [5.74, 6) is -0.492. The van der Waals surface area contributed by atoms with Crippen molar-refractivity contribution in [3.63, 3.8) is 0 Å². The van der Waals surface area contributed by atoms with Crippen LogP contribution in [0.15, 0.2) is 53.4 Å². The number of fused-ring (bicyclic) bond motifs is 1. The highest BCUT2D eigenvalue weighted by Gasteiger charge is 2.23. The molecule has 10 heteroatoms. The van der Waals surface area contributed by atoms with Crippen LogP contribution in [0.3, 0.4) is 0 Å². The minimum atomic E-state index is -3.54. The summed E-state index contributed by atoms with van der Waals surface area (Å²) in [6.45, 7) is 4.50. The molecule has 0 aliphatic carbocycles. The number of nitrogens with zero attached hydrogens (tertiary/aromatic N) is 3. The SMILES string of the molecule is O=C(CCS(=O)(=O)c1ccccc1)N(CCCN1CCOCC1)c1nc2ccc(Cl)cc2s1. The monoisotopic (exact) mass is 507 g/mol. The number of hydrogen-bond acceptors (Lipinski definition) is 7. The molecule has 2 heterocycles. The quantitative estimate of drug-likeness (QED) is 0.437. The van der Waals surface area contributed by atoms with E-state index >= 15 is 0 Å². The molecule has 33 heavy (non-hydrogen) atoms. The van der Waals surface area contributed by atoms with Gasteiger partial charge < -0.3 is 4.74 Å². The molecule has 0 unspecified atom stereocenters. The van der Waals surface area contributed by atoms with Crippen LogP contribution in [-0.2, 0) is 19.4 Å². The minimum absolute atomic E-state index is 0.106. The van der Waals surface area contributed by atoms with Gasteiger partial charge in [0.1, 0.15) is 0 Å². The molecule has 0 spiro atoms. The van der Waals surface area contributed by atoms with Gasteiger partial charge in [0.2, 0.25) is 5.91 Å². The van der Waals surface area contributed by atoms with Crippen LogP contribution < -0.4 is 4.90 Å². The molecule has 176 valence electrons. The third-order valence-corrected chi connectivity index (χ3v) is 8.53. The molecule has 0 atom stereocenters. The number of morpholine rings is 1. The molecule has 4 rings (SSSR count). The highest BCUT2D eigenvalue weighted by molar-refractivity contribution is 7.91. The predicted octanol–water partition coefficient (Wildman–Crippen LogP) is 3.87. The van der Waals surface area contributed by atoms with E-state index in [9.17, 15) is 13.2 Å². The molecule has 1 aliphatic rings. The number of hydrogen-bond donors (Lipinski definition) is 0. The van der Waals surface area contributed by atoms with Crippen molar-refractivity contribution in [1.29, 1.82) is 0 Å². The number of benzene rings is 2. The Balaban J connectivity index is 1.48. The van der Waals surface area contributed by atoms with Gasteiger partial charge in [-0.1, -0.05) is 41.1 Å². The first-order valence-corrected chi connectivity index (χ1v) is 13.7. The lowest BCUT2D eigenvalue weighted by Crippen LogP contribution is -2.39. The molecular formula is C23H26ClN3O4S2. The Hall–Kier alpha value is -2.04. The van der Waals surface area contributed by atoms with Gasteiger partial charge in [-0.25, -0.2) is 13.4 Å². The van der Waals surface area contributed by atoms with E-state index in [4.69, 9.17) is 16.3 Å². The van der Waals surface area contributed by atoms with E-state index in [-0.39, 0.29) is 23.0 Å². The van der Waals surface area contributed by atoms with Gasteiger partial charge in [0.25, 0.3) is 0 Å². The van der Waals surface area contributed by atoms with Gasteiger partial charge in [0.05, 0.1) is 34.1 Å². The topological polar surface area (TPSA) is 79.8 Å².